The average molecular weight is 385 g/mol. The Morgan fingerprint density at radius 3 is 2.78 bits per heavy atom. The van der Waals surface area contributed by atoms with Crippen LogP contribution in [0.2, 0.25) is 0 Å². The van der Waals surface area contributed by atoms with Crippen molar-refractivity contribution in [2.24, 2.45) is 34.5 Å². The number of rotatable bonds is 1. The zero-order chi connectivity index (χ0) is 18.8. The Morgan fingerprint density at radius 1 is 1.15 bits per heavy atom. The summed E-state index contributed by atoms with van der Waals surface area (Å²) in [4.78, 5) is 14.6. The lowest BCUT2D eigenvalue weighted by Crippen LogP contribution is -2.54. The van der Waals surface area contributed by atoms with Crippen molar-refractivity contribution in [2.75, 3.05) is 0 Å². The van der Waals surface area contributed by atoms with E-state index >= 15 is 0 Å². The Labute approximate surface area is 167 Å². The summed E-state index contributed by atoms with van der Waals surface area (Å²) in [5.74, 6) is 3.09. The quantitative estimate of drug-likeness (QED) is 0.629. The van der Waals surface area contributed by atoms with Crippen molar-refractivity contribution < 1.29 is 9.90 Å². The fourth-order valence-electron chi connectivity index (χ4n) is 7.58. The van der Waals surface area contributed by atoms with Gasteiger partial charge in [-0.15, -0.1) is 11.3 Å². The van der Waals surface area contributed by atoms with Gasteiger partial charge in [0.1, 0.15) is 0 Å². The highest BCUT2D eigenvalue weighted by molar-refractivity contribution is 7.10. The molecule has 4 aliphatic carbocycles. The Morgan fingerprint density at radius 2 is 2.00 bits per heavy atom. The van der Waals surface area contributed by atoms with Crippen LogP contribution in [-0.4, -0.2) is 17.0 Å². The van der Waals surface area contributed by atoms with Gasteiger partial charge in [0, 0.05) is 10.3 Å². The fourth-order valence-corrected chi connectivity index (χ4v) is 8.26. The number of carbonyl (C=O) groups is 1. The van der Waals surface area contributed by atoms with E-state index in [0.29, 0.717) is 29.0 Å². The molecule has 4 aliphatic rings. The van der Waals surface area contributed by atoms with Crippen molar-refractivity contribution in [1.82, 2.24) is 0 Å². The number of Topliss-reactive ketones (excluding diaryl/α,β-unsaturated/α-hetero) is 1. The molecule has 146 valence electrons. The summed E-state index contributed by atoms with van der Waals surface area (Å²) >= 11 is 1.73. The minimum Gasteiger partial charge on any atom is -0.393 e. The van der Waals surface area contributed by atoms with Crippen LogP contribution >= 0.6 is 11.3 Å². The van der Waals surface area contributed by atoms with Gasteiger partial charge in [0.05, 0.1) is 6.10 Å². The minimum atomic E-state index is -0.137. The maximum atomic E-state index is 13.4. The maximum Gasteiger partial charge on any atom is 0.165 e. The zero-order valence-electron chi connectivity index (χ0n) is 16.6. The number of thiophene rings is 1. The standard InChI is InChI=1S/C24H32O2S/c1-23-9-7-17(25)14-16(23)5-6-19-20(23)8-10-24(2)21(19)13-15(22(24)26)12-18-4-3-11-27-18/h3-4,11-12,16-17,19-21,25H,5-10,13-14H2,1-2H3/b15-12-. The van der Waals surface area contributed by atoms with Gasteiger partial charge in [0.25, 0.3) is 0 Å². The summed E-state index contributed by atoms with van der Waals surface area (Å²) in [5.41, 5.74) is 1.32. The molecule has 1 N–H and O–H groups in total. The smallest absolute Gasteiger partial charge is 0.165 e. The molecule has 2 nitrogen and oxygen atoms in total. The zero-order valence-corrected chi connectivity index (χ0v) is 17.4. The third-order valence-electron chi connectivity index (χ3n) is 9.14. The first-order valence-corrected chi connectivity index (χ1v) is 11.8. The van der Waals surface area contributed by atoms with Gasteiger partial charge in [-0.3, -0.25) is 4.79 Å². The van der Waals surface area contributed by atoms with Crippen molar-refractivity contribution >= 4 is 23.2 Å². The molecule has 4 saturated carbocycles. The molecule has 1 aromatic heterocycles. The van der Waals surface area contributed by atoms with Gasteiger partial charge in [-0.05, 0) is 104 Å². The van der Waals surface area contributed by atoms with Crippen LogP contribution in [0.25, 0.3) is 6.08 Å². The Bertz CT molecular complexity index is 765. The van der Waals surface area contributed by atoms with Gasteiger partial charge < -0.3 is 5.11 Å². The predicted octanol–water partition coefficient (Wildman–Crippen LogP) is 5.71. The summed E-state index contributed by atoms with van der Waals surface area (Å²) in [6.45, 7) is 4.78. The number of aliphatic hydroxyl groups is 1. The first-order valence-electron chi connectivity index (χ1n) is 10.9. The lowest BCUT2D eigenvalue weighted by Gasteiger charge is -2.59. The summed E-state index contributed by atoms with van der Waals surface area (Å²) in [7, 11) is 0. The molecule has 27 heavy (non-hydrogen) atoms. The van der Waals surface area contributed by atoms with Gasteiger partial charge in [0.15, 0.2) is 5.78 Å². The number of ketones is 1. The maximum absolute atomic E-state index is 13.4. The van der Waals surface area contributed by atoms with E-state index in [1.165, 1.54) is 30.6 Å². The summed E-state index contributed by atoms with van der Waals surface area (Å²) in [5, 5.41) is 12.3. The van der Waals surface area contributed by atoms with Crippen molar-refractivity contribution in [3.05, 3.63) is 28.0 Å². The highest BCUT2D eigenvalue weighted by atomic mass is 32.1. The summed E-state index contributed by atoms with van der Waals surface area (Å²) < 4.78 is 0. The van der Waals surface area contributed by atoms with Crippen LogP contribution in [0.4, 0.5) is 0 Å². The minimum absolute atomic E-state index is 0.0816. The first-order chi connectivity index (χ1) is 12.9. The normalized spacial score (nSPS) is 48.2. The van der Waals surface area contributed by atoms with Gasteiger partial charge in [-0.25, -0.2) is 0 Å². The van der Waals surface area contributed by atoms with Crippen molar-refractivity contribution in [2.45, 2.75) is 71.3 Å². The molecule has 5 rings (SSSR count). The van der Waals surface area contributed by atoms with Gasteiger partial charge in [-0.1, -0.05) is 19.9 Å². The SMILES string of the molecule is CC12CCC3C(CCC4CC(O)CCC43C)C1C/C(=C/c1cccs1)C2=O. The Balaban J connectivity index is 1.46. The number of fused-ring (bicyclic) bond motifs is 5. The van der Waals surface area contributed by atoms with E-state index in [1.807, 2.05) is 0 Å². The molecule has 0 bridgehead atoms. The molecule has 1 aromatic rings. The van der Waals surface area contributed by atoms with E-state index in [4.69, 9.17) is 0 Å². The number of hydrogen-bond acceptors (Lipinski definition) is 3. The number of allylic oxidation sites excluding steroid dienone is 1. The third-order valence-corrected chi connectivity index (χ3v) is 9.96. The van der Waals surface area contributed by atoms with Gasteiger partial charge in [0.2, 0.25) is 0 Å². The molecule has 7 atom stereocenters. The average Bonchev–Trinajstić information content (AvgIpc) is 3.24. The molecule has 1 heterocycles. The topological polar surface area (TPSA) is 37.3 Å². The lowest BCUT2D eigenvalue weighted by molar-refractivity contribution is -0.141. The monoisotopic (exact) mass is 384 g/mol. The van der Waals surface area contributed by atoms with E-state index in [-0.39, 0.29) is 11.5 Å². The lowest BCUT2D eigenvalue weighted by atomic mass is 9.45. The predicted molar refractivity (Wildman–Crippen MR) is 110 cm³/mol. The molecule has 0 spiro atoms. The van der Waals surface area contributed by atoms with E-state index in [1.54, 1.807) is 11.3 Å². The molecular weight excluding hydrogens is 352 g/mol. The molecule has 0 aliphatic heterocycles. The van der Waals surface area contributed by atoms with Crippen LogP contribution in [0.5, 0.6) is 0 Å². The van der Waals surface area contributed by atoms with Gasteiger partial charge >= 0.3 is 0 Å². The van der Waals surface area contributed by atoms with Gasteiger partial charge in [-0.2, -0.15) is 0 Å². The van der Waals surface area contributed by atoms with E-state index < -0.39 is 0 Å². The molecule has 0 radical (unpaired) electrons. The van der Waals surface area contributed by atoms with E-state index in [9.17, 15) is 9.90 Å². The van der Waals surface area contributed by atoms with Crippen LogP contribution in [0.3, 0.4) is 0 Å². The number of aliphatic hydroxyl groups excluding tert-OH is 1. The molecule has 4 fully saturated rings. The molecule has 0 amide bonds. The number of hydrogen-bond donors (Lipinski definition) is 1. The number of carbonyl (C=O) groups excluding carboxylic acids is 1. The fraction of sp³-hybridized carbons (Fsp3) is 0.708. The van der Waals surface area contributed by atoms with E-state index in [2.05, 4.69) is 37.4 Å². The highest BCUT2D eigenvalue weighted by Crippen LogP contribution is 2.66. The van der Waals surface area contributed by atoms with Crippen LogP contribution in [0.15, 0.2) is 23.1 Å². The third kappa shape index (κ3) is 2.64. The summed E-state index contributed by atoms with van der Waals surface area (Å²) in [6, 6.07) is 4.19. The van der Waals surface area contributed by atoms with Crippen molar-refractivity contribution in [1.29, 1.82) is 0 Å². The molecule has 0 aromatic carbocycles. The highest BCUT2D eigenvalue weighted by Gasteiger charge is 2.61. The molecule has 0 saturated heterocycles. The second-order valence-electron chi connectivity index (χ2n) is 10.3. The van der Waals surface area contributed by atoms with Crippen molar-refractivity contribution in [3.63, 3.8) is 0 Å². The Hall–Kier alpha value is -0.930. The second kappa shape index (κ2) is 6.29. The van der Waals surface area contributed by atoms with Crippen LogP contribution < -0.4 is 0 Å². The van der Waals surface area contributed by atoms with E-state index in [0.717, 1.165) is 37.2 Å². The summed E-state index contributed by atoms with van der Waals surface area (Å²) in [6.07, 6.45) is 11.0. The second-order valence-corrected chi connectivity index (χ2v) is 11.2. The molecular formula is C24H32O2S. The largest absolute Gasteiger partial charge is 0.393 e. The van der Waals surface area contributed by atoms with Crippen molar-refractivity contribution in [3.8, 4) is 0 Å². The molecule has 7 unspecified atom stereocenters. The van der Waals surface area contributed by atoms with Crippen LogP contribution in [0.1, 0.15) is 70.1 Å². The van der Waals surface area contributed by atoms with Crippen LogP contribution in [-0.2, 0) is 4.79 Å². The Kier molecular flexibility index (Phi) is 4.22. The first kappa shape index (κ1) is 18.1. The molecule has 3 heteroatoms. The van der Waals surface area contributed by atoms with Crippen LogP contribution in [0, 0.1) is 34.5 Å².